The first kappa shape index (κ1) is 13.0. The molecule has 0 bridgehead atoms. The minimum absolute atomic E-state index is 0. The van der Waals surface area contributed by atoms with Crippen molar-refractivity contribution < 1.29 is 6.53 Å². The van der Waals surface area contributed by atoms with E-state index >= 15 is 0 Å². The minimum Gasteiger partial charge on any atom is -0.508 e. The van der Waals surface area contributed by atoms with Gasteiger partial charge in [0.25, 0.3) is 0 Å². The van der Waals surface area contributed by atoms with Crippen molar-refractivity contribution >= 4 is 0 Å². The molecule has 1 atom stereocenters. The maximum atomic E-state index is 9.21. The number of phenols is 1. The van der Waals surface area contributed by atoms with Crippen molar-refractivity contribution in [2.75, 3.05) is 0 Å². The number of hydrogen-bond acceptors (Lipinski definition) is 1. The summed E-state index contributed by atoms with van der Waals surface area (Å²) in [6.07, 6.45) is 0. The lowest BCUT2D eigenvalue weighted by atomic mass is 9.93. The van der Waals surface area contributed by atoms with Gasteiger partial charge in [0, 0.05) is 7.34 Å². The predicted molar refractivity (Wildman–Crippen MR) is 75.4 cm³/mol. The topological polar surface area (TPSA) is 20.2 Å². The third kappa shape index (κ3) is 3.49. The van der Waals surface area contributed by atoms with Crippen LogP contribution in [0.4, 0.5) is 0 Å². The van der Waals surface area contributed by atoms with Crippen LogP contribution in [0.2, 0.25) is 0 Å². The SMILES string of the molecule is C=C.CC(c1ccccc1)c1ccc(O)cc1.[HH]. The Kier molecular flexibility index (Phi) is 5.02. The van der Waals surface area contributed by atoms with Gasteiger partial charge in [0.2, 0.25) is 0 Å². The van der Waals surface area contributed by atoms with E-state index in [0.29, 0.717) is 11.7 Å². The van der Waals surface area contributed by atoms with Gasteiger partial charge in [-0.2, -0.15) is 0 Å². The van der Waals surface area contributed by atoms with Crippen molar-refractivity contribution in [3.05, 3.63) is 78.9 Å². The van der Waals surface area contributed by atoms with Crippen LogP contribution in [0.15, 0.2) is 67.8 Å². The van der Waals surface area contributed by atoms with Crippen LogP contribution >= 0.6 is 0 Å². The quantitative estimate of drug-likeness (QED) is 0.745. The Morgan fingerprint density at radius 2 is 1.35 bits per heavy atom. The average Bonchev–Trinajstić information content (AvgIpc) is 2.42. The van der Waals surface area contributed by atoms with Crippen LogP contribution in [-0.4, -0.2) is 5.11 Å². The van der Waals surface area contributed by atoms with Crippen molar-refractivity contribution in [1.29, 1.82) is 0 Å². The third-order valence-corrected chi connectivity index (χ3v) is 2.69. The minimum atomic E-state index is 0. The van der Waals surface area contributed by atoms with Gasteiger partial charge in [-0.25, -0.2) is 0 Å². The second-order valence-corrected chi connectivity index (χ2v) is 3.72. The number of hydrogen-bond donors (Lipinski definition) is 1. The molecule has 0 heterocycles. The van der Waals surface area contributed by atoms with Crippen LogP contribution < -0.4 is 0 Å². The van der Waals surface area contributed by atoms with Gasteiger partial charge in [-0.1, -0.05) is 49.4 Å². The molecule has 0 aromatic heterocycles. The van der Waals surface area contributed by atoms with E-state index in [2.05, 4.69) is 32.2 Å². The predicted octanol–water partition coefficient (Wildman–Crippen LogP) is 4.59. The van der Waals surface area contributed by atoms with Crippen LogP contribution in [0, 0.1) is 0 Å². The smallest absolute Gasteiger partial charge is 0.115 e. The molecule has 1 unspecified atom stereocenters. The van der Waals surface area contributed by atoms with Crippen LogP contribution in [0.1, 0.15) is 25.4 Å². The first-order valence-electron chi connectivity index (χ1n) is 5.61. The van der Waals surface area contributed by atoms with E-state index in [1.54, 1.807) is 12.1 Å². The molecule has 0 spiro atoms. The molecule has 0 saturated carbocycles. The molecule has 2 aromatic rings. The van der Waals surface area contributed by atoms with E-state index in [9.17, 15) is 5.11 Å². The summed E-state index contributed by atoms with van der Waals surface area (Å²) < 4.78 is 0. The number of phenolic OH excluding ortho intramolecular Hbond substituents is 1. The van der Waals surface area contributed by atoms with E-state index in [0.717, 1.165) is 0 Å². The molecule has 0 aliphatic heterocycles. The van der Waals surface area contributed by atoms with Gasteiger partial charge in [-0.05, 0) is 23.3 Å². The Morgan fingerprint density at radius 3 is 1.88 bits per heavy atom. The summed E-state index contributed by atoms with van der Waals surface area (Å²) in [5.41, 5.74) is 2.52. The lowest BCUT2D eigenvalue weighted by Crippen LogP contribution is -1.94. The molecule has 0 fully saturated rings. The first-order chi connectivity index (χ1) is 8.27. The van der Waals surface area contributed by atoms with Gasteiger partial charge in [0.1, 0.15) is 5.75 Å². The van der Waals surface area contributed by atoms with Gasteiger partial charge in [-0.3, -0.25) is 0 Å². The normalized spacial score (nSPS) is 11.1. The van der Waals surface area contributed by atoms with E-state index < -0.39 is 0 Å². The Hall–Kier alpha value is -2.02. The highest BCUT2D eigenvalue weighted by Gasteiger charge is 2.06. The number of rotatable bonds is 2. The lowest BCUT2D eigenvalue weighted by molar-refractivity contribution is 0.475. The van der Waals surface area contributed by atoms with Crippen molar-refractivity contribution in [3.63, 3.8) is 0 Å². The van der Waals surface area contributed by atoms with E-state index in [-0.39, 0.29) is 1.43 Å². The molecule has 90 valence electrons. The molecule has 0 aliphatic rings. The van der Waals surface area contributed by atoms with Crippen LogP contribution in [0.5, 0.6) is 5.75 Å². The van der Waals surface area contributed by atoms with E-state index in [4.69, 9.17) is 0 Å². The lowest BCUT2D eigenvalue weighted by Gasteiger charge is -2.12. The summed E-state index contributed by atoms with van der Waals surface area (Å²) in [6, 6.07) is 17.8. The molecule has 1 heteroatoms. The summed E-state index contributed by atoms with van der Waals surface area (Å²) in [7, 11) is 0. The summed E-state index contributed by atoms with van der Waals surface area (Å²) in [5, 5.41) is 9.21. The summed E-state index contributed by atoms with van der Waals surface area (Å²) in [4.78, 5) is 0. The summed E-state index contributed by atoms with van der Waals surface area (Å²) in [6.45, 7) is 8.17. The fourth-order valence-electron chi connectivity index (χ4n) is 1.70. The molecule has 0 aliphatic carbocycles. The monoisotopic (exact) mass is 228 g/mol. The zero-order valence-electron chi connectivity index (χ0n) is 10.1. The Morgan fingerprint density at radius 1 is 0.882 bits per heavy atom. The highest BCUT2D eigenvalue weighted by molar-refractivity contribution is 5.34. The van der Waals surface area contributed by atoms with Gasteiger partial charge in [0.15, 0.2) is 0 Å². The Balaban J connectivity index is 0.000000917. The molecular weight excluding hydrogens is 208 g/mol. The summed E-state index contributed by atoms with van der Waals surface area (Å²) >= 11 is 0. The second-order valence-electron chi connectivity index (χ2n) is 3.72. The maximum Gasteiger partial charge on any atom is 0.115 e. The van der Waals surface area contributed by atoms with Crippen molar-refractivity contribution in [2.24, 2.45) is 0 Å². The largest absolute Gasteiger partial charge is 0.508 e. The molecule has 1 nitrogen and oxygen atoms in total. The van der Waals surface area contributed by atoms with Crippen molar-refractivity contribution in [2.45, 2.75) is 12.8 Å². The average molecular weight is 228 g/mol. The molecule has 2 aromatic carbocycles. The molecule has 0 amide bonds. The van der Waals surface area contributed by atoms with Gasteiger partial charge >= 0.3 is 0 Å². The molecule has 17 heavy (non-hydrogen) atoms. The Labute approximate surface area is 105 Å². The van der Waals surface area contributed by atoms with Crippen LogP contribution in [0.3, 0.4) is 0 Å². The van der Waals surface area contributed by atoms with Crippen LogP contribution in [0.25, 0.3) is 0 Å². The fourth-order valence-corrected chi connectivity index (χ4v) is 1.70. The zero-order chi connectivity index (χ0) is 12.7. The van der Waals surface area contributed by atoms with Gasteiger partial charge < -0.3 is 5.11 Å². The third-order valence-electron chi connectivity index (χ3n) is 2.69. The van der Waals surface area contributed by atoms with Gasteiger partial charge in [0.05, 0.1) is 0 Å². The molecule has 1 N–H and O–H groups in total. The maximum absolute atomic E-state index is 9.21. The van der Waals surface area contributed by atoms with E-state index in [1.165, 1.54) is 11.1 Å². The van der Waals surface area contributed by atoms with E-state index in [1.807, 2.05) is 30.3 Å². The fraction of sp³-hybridized carbons (Fsp3) is 0.125. The molecule has 0 radical (unpaired) electrons. The highest BCUT2D eigenvalue weighted by atomic mass is 16.3. The number of benzene rings is 2. The number of aromatic hydroxyl groups is 1. The van der Waals surface area contributed by atoms with Crippen molar-refractivity contribution in [3.8, 4) is 5.75 Å². The first-order valence-corrected chi connectivity index (χ1v) is 5.61. The standard InChI is InChI=1S/C14H14O.C2H4.H2/c1-11(12-5-3-2-4-6-12)13-7-9-14(15)10-8-13;1-2;/h2-11,15H,1H3;1-2H2;1H. The molecule has 2 rings (SSSR count). The Bertz CT molecular complexity index is 436. The van der Waals surface area contributed by atoms with Gasteiger partial charge in [-0.15, -0.1) is 13.2 Å². The zero-order valence-corrected chi connectivity index (χ0v) is 10.1. The van der Waals surface area contributed by atoms with Crippen molar-refractivity contribution in [1.82, 2.24) is 0 Å². The molecular formula is C16H20O. The highest BCUT2D eigenvalue weighted by Crippen LogP contribution is 2.24. The van der Waals surface area contributed by atoms with Crippen LogP contribution in [-0.2, 0) is 0 Å². The summed E-state index contributed by atoms with van der Waals surface area (Å²) in [5.74, 6) is 0.686. The second kappa shape index (κ2) is 6.54. The molecule has 0 saturated heterocycles.